The highest BCUT2D eigenvalue weighted by molar-refractivity contribution is 7.91. The van der Waals surface area contributed by atoms with Crippen LogP contribution < -0.4 is 0 Å². The SMILES string of the molecule is C#CCS(=O)(=O)CC=C. The number of hydrogen-bond donors (Lipinski definition) is 0. The number of rotatable bonds is 3. The van der Waals surface area contributed by atoms with Crippen molar-refractivity contribution in [2.45, 2.75) is 0 Å². The fourth-order valence-electron chi connectivity index (χ4n) is 0.365. The molecule has 50 valence electrons. The van der Waals surface area contributed by atoms with Crippen LogP contribution in [0.3, 0.4) is 0 Å². The van der Waals surface area contributed by atoms with Gasteiger partial charge in [0.15, 0.2) is 9.84 Å². The summed E-state index contributed by atoms with van der Waals surface area (Å²) in [6.07, 6.45) is 6.11. The largest absolute Gasteiger partial charge is 0.228 e. The quantitative estimate of drug-likeness (QED) is 0.419. The summed E-state index contributed by atoms with van der Waals surface area (Å²) in [5.74, 6) is 1.83. The maximum atomic E-state index is 10.6. The predicted molar refractivity (Wildman–Crippen MR) is 37.7 cm³/mol. The molecule has 0 aromatic carbocycles. The molecule has 0 rings (SSSR count). The molecule has 0 unspecified atom stereocenters. The zero-order chi connectivity index (χ0) is 7.33. The van der Waals surface area contributed by atoms with Crippen molar-refractivity contribution in [3.63, 3.8) is 0 Å². The third-order valence-electron chi connectivity index (χ3n) is 0.675. The fraction of sp³-hybridized carbons (Fsp3) is 0.333. The summed E-state index contributed by atoms with van der Waals surface area (Å²) < 4.78 is 21.2. The molecule has 0 bridgehead atoms. The first kappa shape index (κ1) is 8.25. The van der Waals surface area contributed by atoms with Crippen LogP contribution in [0, 0.1) is 12.3 Å². The summed E-state index contributed by atoms with van der Waals surface area (Å²) in [5, 5.41) is 0. The van der Waals surface area contributed by atoms with Crippen molar-refractivity contribution in [2.75, 3.05) is 11.5 Å². The van der Waals surface area contributed by atoms with Gasteiger partial charge in [0, 0.05) is 0 Å². The minimum absolute atomic E-state index is 0.0306. The second-order valence-electron chi connectivity index (χ2n) is 1.55. The molecule has 0 heterocycles. The van der Waals surface area contributed by atoms with Gasteiger partial charge >= 0.3 is 0 Å². The Kier molecular flexibility index (Phi) is 3.03. The van der Waals surface area contributed by atoms with E-state index in [-0.39, 0.29) is 11.5 Å². The molecule has 0 fully saturated rings. The van der Waals surface area contributed by atoms with E-state index in [0.717, 1.165) is 0 Å². The van der Waals surface area contributed by atoms with Crippen molar-refractivity contribution in [2.24, 2.45) is 0 Å². The predicted octanol–water partition coefficient (Wildman–Crippen LogP) is 0.220. The Morgan fingerprint density at radius 1 is 1.67 bits per heavy atom. The van der Waals surface area contributed by atoms with E-state index in [4.69, 9.17) is 6.42 Å². The zero-order valence-electron chi connectivity index (χ0n) is 5.00. The normalized spacial score (nSPS) is 10.1. The van der Waals surface area contributed by atoms with Gasteiger partial charge in [-0.25, -0.2) is 8.42 Å². The topological polar surface area (TPSA) is 34.1 Å². The van der Waals surface area contributed by atoms with Gasteiger partial charge in [0.05, 0.1) is 5.75 Å². The molecule has 2 nitrogen and oxygen atoms in total. The smallest absolute Gasteiger partial charge is 0.165 e. The van der Waals surface area contributed by atoms with E-state index in [9.17, 15) is 8.42 Å². The second-order valence-corrected chi connectivity index (χ2v) is 3.66. The monoisotopic (exact) mass is 144 g/mol. The molecule has 0 atom stereocenters. The molecule has 0 saturated carbocycles. The van der Waals surface area contributed by atoms with Gasteiger partial charge in [-0.2, -0.15) is 0 Å². The van der Waals surface area contributed by atoms with Gasteiger partial charge in [-0.1, -0.05) is 12.0 Å². The number of hydrogen-bond acceptors (Lipinski definition) is 2. The van der Waals surface area contributed by atoms with Crippen molar-refractivity contribution in [3.05, 3.63) is 12.7 Å². The first-order valence-electron chi connectivity index (χ1n) is 2.37. The molecule has 0 N–H and O–H groups in total. The van der Waals surface area contributed by atoms with Crippen molar-refractivity contribution >= 4 is 9.84 Å². The van der Waals surface area contributed by atoms with Gasteiger partial charge in [0.1, 0.15) is 5.75 Å². The Hall–Kier alpha value is -0.750. The lowest BCUT2D eigenvalue weighted by molar-refractivity contribution is 0.602. The van der Waals surface area contributed by atoms with E-state index in [0.29, 0.717) is 0 Å². The summed E-state index contributed by atoms with van der Waals surface area (Å²) in [4.78, 5) is 0. The van der Waals surface area contributed by atoms with Crippen LogP contribution in [0.1, 0.15) is 0 Å². The number of terminal acetylenes is 1. The van der Waals surface area contributed by atoms with E-state index in [1.165, 1.54) is 6.08 Å². The Bertz CT molecular complexity index is 218. The van der Waals surface area contributed by atoms with E-state index >= 15 is 0 Å². The second kappa shape index (κ2) is 3.31. The van der Waals surface area contributed by atoms with Gasteiger partial charge in [-0.3, -0.25) is 0 Å². The average Bonchev–Trinajstić information content (AvgIpc) is 1.64. The number of sulfone groups is 1. The molecule has 0 radical (unpaired) electrons. The molecular formula is C6H8O2S. The van der Waals surface area contributed by atoms with Crippen LogP contribution in [0.5, 0.6) is 0 Å². The maximum Gasteiger partial charge on any atom is 0.165 e. The third kappa shape index (κ3) is 3.80. The van der Waals surface area contributed by atoms with Crippen molar-refractivity contribution in [1.82, 2.24) is 0 Å². The molecule has 0 aliphatic rings. The van der Waals surface area contributed by atoms with Crippen LogP contribution in [-0.2, 0) is 9.84 Å². The van der Waals surface area contributed by atoms with E-state index < -0.39 is 9.84 Å². The van der Waals surface area contributed by atoms with E-state index in [2.05, 4.69) is 12.5 Å². The zero-order valence-corrected chi connectivity index (χ0v) is 5.82. The molecule has 0 aromatic heterocycles. The minimum Gasteiger partial charge on any atom is -0.228 e. The fourth-order valence-corrected chi connectivity index (χ4v) is 1.10. The van der Waals surface area contributed by atoms with Crippen LogP contribution in [0.4, 0.5) is 0 Å². The highest BCUT2D eigenvalue weighted by Gasteiger charge is 2.03. The molecule has 9 heavy (non-hydrogen) atoms. The van der Waals surface area contributed by atoms with Gasteiger partial charge in [-0.15, -0.1) is 13.0 Å². The first-order chi connectivity index (χ1) is 4.12. The standard InChI is InChI=1S/C6H8O2S/c1-3-5-9(7,8)6-4-2/h1,4H,2,5-6H2. The first-order valence-corrected chi connectivity index (χ1v) is 4.19. The summed E-state index contributed by atoms with van der Waals surface area (Å²) in [6, 6.07) is 0. The molecule has 3 heteroatoms. The Labute approximate surface area is 55.5 Å². The van der Waals surface area contributed by atoms with Crippen LogP contribution >= 0.6 is 0 Å². The highest BCUT2D eigenvalue weighted by atomic mass is 32.2. The van der Waals surface area contributed by atoms with E-state index in [1.54, 1.807) is 0 Å². The van der Waals surface area contributed by atoms with Gasteiger partial charge < -0.3 is 0 Å². The van der Waals surface area contributed by atoms with Gasteiger partial charge in [-0.05, 0) is 0 Å². The minimum atomic E-state index is -3.04. The van der Waals surface area contributed by atoms with Gasteiger partial charge in [0.25, 0.3) is 0 Å². The molecule has 0 aliphatic heterocycles. The van der Waals surface area contributed by atoms with Crippen LogP contribution in [0.25, 0.3) is 0 Å². The van der Waals surface area contributed by atoms with Crippen LogP contribution in [-0.4, -0.2) is 19.9 Å². The van der Waals surface area contributed by atoms with E-state index in [1.807, 2.05) is 0 Å². The lowest BCUT2D eigenvalue weighted by atomic mass is 10.8. The van der Waals surface area contributed by atoms with Crippen LogP contribution in [0.15, 0.2) is 12.7 Å². The summed E-state index contributed by atoms with van der Waals surface area (Å²) in [6.45, 7) is 3.28. The maximum absolute atomic E-state index is 10.6. The Morgan fingerprint density at radius 2 is 2.22 bits per heavy atom. The molecule has 0 aliphatic carbocycles. The molecule has 0 saturated heterocycles. The molecule has 0 aromatic rings. The summed E-state index contributed by atoms with van der Waals surface area (Å²) in [7, 11) is -3.04. The van der Waals surface area contributed by atoms with Crippen molar-refractivity contribution < 1.29 is 8.42 Å². The van der Waals surface area contributed by atoms with Crippen molar-refractivity contribution in [3.8, 4) is 12.3 Å². The van der Waals surface area contributed by atoms with Crippen LogP contribution in [0.2, 0.25) is 0 Å². The highest BCUT2D eigenvalue weighted by Crippen LogP contribution is 1.87. The lowest BCUT2D eigenvalue weighted by Crippen LogP contribution is -2.06. The van der Waals surface area contributed by atoms with Crippen molar-refractivity contribution in [1.29, 1.82) is 0 Å². The third-order valence-corrected chi connectivity index (χ3v) is 2.03. The summed E-state index contributed by atoms with van der Waals surface area (Å²) >= 11 is 0. The molecule has 0 spiro atoms. The summed E-state index contributed by atoms with van der Waals surface area (Å²) in [5.41, 5.74) is 0. The van der Waals surface area contributed by atoms with Gasteiger partial charge in [0.2, 0.25) is 0 Å². The lowest BCUT2D eigenvalue weighted by Gasteiger charge is -1.90. The Balaban J connectivity index is 4.08. The average molecular weight is 144 g/mol. The Morgan fingerprint density at radius 3 is 2.56 bits per heavy atom. The molecular weight excluding hydrogens is 136 g/mol. The molecule has 0 amide bonds.